The van der Waals surface area contributed by atoms with Gasteiger partial charge in [-0.15, -0.1) is 0 Å². The molecule has 0 saturated carbocycles. The summed E-state index contributed by atoms with van der Waals surface area (Å²) in [6.07, 6.45) is -0.976. The number of non-ortho nitro benzene ring substituents is 1. The highest BCUT2D eigenvalue weighted by molar-refractivity contribution is 5.78. The van der Waals surface area contributed by atoms with Crippen molar-refractivity contribution in [3.63, 3.8) is 0 Å². The Morgan fingerprint density at radius 2 is 1.66 bits per heavy atom. The van der Waals surface area contributed by atoms with Crippen LogP contribution in [0.4, 0.5) is 5.69 Å². The molecule has 0 spiro atoms. The topological polar surface area (TPSA) is 102 Å². The molecule has 0 heterocycles. The first-order valence-electron chi connectivity index (χ1n) is 9.01. The Kier molecular flexibility index (Phi) is 6.55. The first-order valence-corrected chi connectivity index (χ1v) is 9.01. The summed E-state index contributed by atoms with van der Waals surface area (Å²) in [4.78, 5) is 22.3. The Morgan fingerprint density at radius 1 is 1.00 bits per heavy atom. The van der Waals surface area contributed by atoms with Crippen molar-refractivity contribution in [1.29, 1.82) is 0 Å². The van der Waals surface area contributed by atoms with Crippen molar-refractivity contribution in [1.82, 2.24) is 5.32 Å². The van der Waals surface area contributed by atoms with Gasteiger partial charge in [0.15, 0.2) is 6.61 Å². The molecule has 3 aromatic rings. The van der Waals surface area contributed by atoms with Crippen molar-refractivity contribution in [3.8, 4) is 16.9 Å². The second kappa shape index (κ2) is 9.48. The minimum absolute atomic E-state index is 0.0274. The number of nitro benzene ring substituents is 1. The number of nitrogens with one attached hydrogen (secondary N) is 1. The summed E-state index contributed by atoms with van der Waals surface area (Å²) in [5, 5.41) is 23.4. The highest BCUT2D eigenvalue weighted by Gasteiger charge is 2.13. The quantitative estimate of drug-likeness (QED) is 0.451. The highest BCUT2D eigenvalue weighted by Crippen LogP contribution is 2.29. The van der Waals surface area contributed by atoms with E-state index in [1.165, 1.54) is 24.3 Å². The number of benzene rings is 3. The molecule has 0 aromatic heterocycles. The van der Waals surface area contributed by atoms with Crippen molar-refractivity contribution in [2.24, 2.45) is 0 Å². The van der Waals surface area contributed by atoms with Gasteiger partial charge in [0, 0.05) is 24.2 Å². The van der Waals surface area contributed by atoms with Gasteiger partial charge >= 0.3 is 0 Å². The zero-order chi connectivity index (χ0) is 20.6. The third kappa shape index (κ3) is 5.40. The summed E-state index contributed by atoms with van der Waals surface area (Å²) < 4.78 is 5.66. The van der Waals surface area contributed by atoms with Crippen LogP contribution >= 0.6 is 0 Å². The van der Waals surface area contributed by atoms with Gasteiger partial charge in [0.2, 0.25) is 0 Å². The van der Waals surface area contributed by atoms with Crippen molar-refractivity contribution < 1.29 is 19.6 Å². The van der Waals surface area contributed by atoms with Crippen molar-refractivity contribution in [3.05, 3.63) is 94.5 Å². The van der Waals surface area contributed by atoms with Crippen LogP contribution in [0.1, 0.15) is 11.7 Å². The number of aliphatic hydroxyl groups excluding tert-OH is 1. The van der Waals surface area contributed by atoms with Gasteiger partial charge in [-0.3, -0.25) is 14.9 Å². The Morgan fingerprint density at radius 3 is 2.34 bits per heavy atom. The molecule has 7 heteroatoms. The van der Waals surface area contributed by atoms with E-state index >= 15 is 0 Å². The number of carbonyl (C=O) groups excluding carboxylic acids is 1. The van der Waals surface area contributed by atoms with Crippen molar-refractivity contribution in [2.45, 2.75) is 6.10 Å². The number of amides is 1. The molecule has 3 rings (SSSR count). The zero-order valence-corrected chi connectivity index (χ0v) is 15.5. The van der Waals surface area contributed by atoms with Gasteiger partial charge in [-0.1, -0.05) is 48.5 Å². The molecular formula is C22H20N2O5. The van der Waals surface area contributed by atoms with Crippen LogP contribution in [-0.4, -0.2) is 29.1 Å². The fourth-order valence-electron chi connectivity index (χ4n) is 2.79. The molecule has 0 unspecified atom stereocenters. The first kappa shape index (κ1) is 20.0. The molecule has 29 heavy (non-hydrogen) atoms. The number of nitro groups is 1. The lowest BCUT2D eigenvalue weighted by atomic mass is 10.1. The molecule has 3 aromatic carbocycles. The zero-order valence-electron chi connectivity index (χ0n) is 15.5. The fourth-order valence-corrected chi connectivity index (χ4v) is 2.79. The number of nitrogens with zero attached hydrogens (tertiary/aromatic N) is 1. The largest absolute Gasteiger partial charge is 0.483 e. The normalized spacial score (nSPS) is 11.5. The molecule has 148 valence electrons. The average molecular weight is 392 g/mol. The molecule has 0 fully saturated rings. The third-order valence-electron chi connectivity index (χ3n) is 4.31. The summed E-state index contributed by atoms with van der Waals surface area (Å²) in [5.41, 5.74) is 2.28. The number of hydrogen-bond donors (Lipinski definition) is 2. The molecule has 0 radical (unpaired) electrons. The molecule has 0 aliphatic rings. The Balaban J connectivity index is 1.54. The molecule has 0 bridgehead atoms. The molecule has 2 N–H and O–H groups in total. The van der Waals surface area contributed by atoms with Gasteiger partial charge < -0.3 is 15.2 Å². The van der Waals surface area contributed by atoms with E-state index in [4.69, 9.17) is 4.74 Å². The Hall–Kier alpha value is -3.71. The predicted molar refractivity (Wildman–Crippen MR) is 108 cm³/mol. The maximum atomic E-state index is 12.1. The van der Waals surface area contributed by atoms with Crippen LogP contribution in [0.2, 0.25) is 0 Å². The summed E-state index contributed by atoms with van der Waals surface area (Å²) in [5.74, 6) is 0.207. The van der Waals surface area contributed by atoms with Gasteiger partial charge in [0.05, 0.1) is 11.0 Å². The molecule has 1 amide bonds. The lowest BCUT2D eigenvalue weighted by Crippen LogP contribution is -2.32. The first-order chi connectivity index (χ1) is 14.0. The second-order valence-corrected chi connectivity index (χ2v) is 6.32. The minimum Gasteiger partial charge on any atom is -0.483 e. The number of hydrogen-bond acceptors (Lipinski definition) is 5. The van der Waals surface area contributed by atoms with E-state index in [2.05, 4.69) is 5.32 Å². The average Bonchev–Trinajstić information content (AvgIpc) is 2.77. The molecule has 1 atom stereocenters. The van der Waals surface area contributed by atoms with Gasteiger partial charge in [-0.25, -0.2) is 0 Å². The Bertz CT molecular complexity index is 974. The van der Waals surface area contributed by atoms with Gasteiger partial charge in [-0.2, -0.15) is 0 Å². The van der Waals surface area contributed by atoms with Gasteiger partial charge in [0.25, 0.3) is 11.6 Å². The summed E-state index contributed by atoms with van der Waals surface area (Å²) >= 11 is 0. The number of rotatable bonds is 8. The van der Waals surface area contributed by atoms with E-state index in [9.17, 15) is 20.0 Å². The number of ether oxygens (including phenoxy) is 1. The van der Waals surface area contributed by atoms with Crippen molar-refractivity contribution >= 4 is 11.6 Å². The van der Waals surface area contributed by atoms with Crippen LogP contribution < -0.4 is 10.1 Å². The molecular weight excluding hydrogens is 372 g/mol. The molecule has 7 nitrogen and oxygen atoms in total. The maximum absolute atomic E-state index is 12.1. The maximum Gasteiger partial charge on any atom is 0.269 e. The van der Waals surface area contributed by atoms with E-state index in [0.717, 1.165) is 11.1 Å². The molecule has 0 saturated heterocycles. The van der Waals surface area contributed by atoms with Crippen LogP contribution in [0, 0.1) is 10.1 Å². The predicted octanol–water partition coefficient (Wildman–Crippen LogP) is 3.49. The molecule has 0 aliphatic carbocycles. The fraction of sp³-hybridized carbons (Fsp3) is 0.136. The van der Waals surface area contributed by atoms with Crippen LogP contribution in [0.15, 0.2) is 78.9 Å². The monoisotopic (exact) mass is 392 g/mol. The minimum atomic E-state index is -0.976. The SMILES string of the molecule is O=C(COc1ccccc1-c1ccccc1)NC[C@@H](O)c1ccc([N+](=O)[O-])cc1. The van der Waals surface area contributed by atoms with Crippen LogP contribution in [0.25, 0.3) is 11.1 Å². The summed E-state index contributed by atoms with van der Waals surface area (Å²) in [6, 6.07) is 22.7. The van der Waals surface area contributed by atoms with Crippen LogP contribution in [-0.2, 0) is 4.79 Å². The standard InChI is InChI=1S/C22H20N2O5/c25-20(17-10-12-18(13-11-17)24(27)28)14-23-22(26)15-29-21-9-5-4-8-19(21)16-6-2-1-3-7-16/h1-13,20,25H,14-15H2,(H,23,26)/t20-/m1/s1. The number of carbonyl (C=O) groups is 1. The second-order valence-electron chi connectivity index (χ2n) is 6.32. The molecule has 0 aliphatic heterocycles. The van der Waals surface area contributed by atoms with Gasteiger partial charge in [-0.05, 0) is 29.3 Å². The van der Waals surface area contributed by atoms with E-state index in [0.29, 0.717) is 11.3 Å². The summed E-state index contributed by atoms with van der Waals surface area (Å²) in [7, 11) is 0. The van der Waals surface area contributed by atoms with E-state index in [1.807, 2.05) is 48.5 Å². The number of para-hydroxylation sites is 1. The van der Waals surface area contributed by atoms with Crippen LogP contribution in [0.5, 0.6) is 5.75 Å². The highest BCUT2D eigenvalue weighted by atomic mass is 16.6. The van der Waals surface area contributed by atoms with Gasteiger partial charge in [0.1, 0.15) is 5.75 Å². The number of aliphatic hydroxyl groups is 1. The van der Waals surface area contributed by atoms with E-state index < -0.39 is 11.0 Å². The summed E-state index contributed by atoms with van der Waals surface area (Å²) in [6.45, 7) is -0.225. The smallest absolute Gasteiger partial charge is 0.269 e. The lowest BCUT2D eigenvalue weighted by Gasteiger charge is -2.14. The Labute approximate surface area is 167 Å². The lowest BCUT2D eigenvalue weighted by molar-refractivity contribution is -0.384. The van der Waals surface area contributed by atoms with E-state index in [1.54, 1.807) is 6.07 Å². The van der Waals surface area contributed by atoms with E-state index in [-0.39, 0.29) is 24.7 Å². The third-order valence-corrected chi connectivity index (χ3v) is 4.31. The van der Waals surface area contributed by atoms with Crippen LogP contribution in [0.3, 0.4) is 0 Å². The van der Waals surface area contributed by atoms with Crippen molar-refractivity contribution in [2.75, 3.05) is 13.2 Å².